The molecule has 0 saturated carbocycles. The summed E-state index contributed by atoms with van der Waals surface area (Å²) in [6.07, 6.45) is -0.826. The van der Waals surface area contributed by atoms with Gasteiger partial charge in [0.05, 0.1) is 11.8 Å². The monoisotopic (exact) mass is 579 g/mol. The quantitative estimate of drug-likeness (QED) is 0.193. The molecule has 1 aromatic rings. The van der Waals surface area contributed by atoms with Crippen molar-refractivity contribution >= 4 is 24.1 Å². The highest BCUT2D eigenvalue weighted by molar-refractivity contribution is 5.80. The third-order valence-corrected chi connectivity index (χ3v) is 7.86. The van der Waals surface area contributed by atoms with Crippen molar-refractivity contribution in [2.45, 2.75) is 106 Å². The standard InChI is InChI=1S/C31H49NO9/c1-11-12-19(6)38-30(37)39-23(10)22(9)31(32,29(35)36)16-24-13-14-25(40-27(33)20(7)17(2)3)26(15-24)41-28(34)21(8)18(4)5/h13-15,17-23H,11-12,16,32H2,1-10H3,(H,35,36)/t19?,20?,21?,22-,23+,31-/m1/s1. The fourth-order valence-corrected chi connectivity index (χ4v) is 3.87. The topological polar surface area (TPSA) is 151 Å². The van der Waals surface area contributed by atoms with E-state index in [1.807, 2.05) is 34.6 Å². The van der Waals surface area contributed by atoms with E-state index in [-0.39, 0.29) is 35.9 Å². The Bertz CT molecular complexity index is 1050. The molecular formula is C31H49NO9. The Balaban J connectivity index is 3.33. The first kappa shape index (κ1) is 35.9. The molecule has 0 bridgehead atoms. The number of hydrogen-bond donors (Lipinski definition) is 2. The average molecular weight is 580 g/mol. The number of carbonyl (C=O) groups is 4. The van der Waals surface area contributed by atoms with Gasteiger partial charge in [0, 0.05) is 12.3 Å². The molecule has 0 spiro atoms. The van der Waals surface area contributed by atoms with E-state index in [4.69, 9.17) is 24.7 Å². The molecule has 0 fully saturated rings. The first-order valence-electron chi connectivity index (χ1n) is 14.4. The summed E-state index contributed by atoms with van der Waals surface area (Å²) in [6, 6.07) is 4.48. The first-order chi connectivity index (χ1) is 18.9. The molecule has 0 radical (unpaired) electrons. The average Bonchev–Trinajstić information content (AvgIpc) is 2.88. The van der Waals surface area contributed by atoms with Crippen LogP contribution in [0.2, 0.25) is 0 Å². The fraction of sp³-hybridized carbons (Fsp3) is 0.677. The van der Waals surface area contributed by atoms with Gasteiger partial charge in [-0.2, -0.15) is 0 Å². The largest absolute Gasteiger partial charge is 0.508 e. The van der Waals surface area contributed by atoms with Crippen LogP contribution in [0.4, 0.5) is 4.79 Å². The molecule has 3 N–H and O–H groups in total. The van der Waals surface area contributed by atoms with Gasteiger partial charge in [0.2, 0.25) is 0 Å². The van der Waals surface area contributed by atoms with Crippen LogP contribution in [0.5, 0.6) is 11.5 Å². The number of esters is 2. The van der Waals surface area contributed by atoms with Crippen LogP contribution in [0.25, 0.3) is 0 Å². The Hall–Kier alpha value is -3.14. The number of nitrogens with two attached hydrogens (primary N) is 1. The molecule has 0 aliphatic carbocycles. The number of aliphatic carboxylic acids is 1. The van der Waals surface area contributed by atoms with Gasteiger partial charge in [0.25, 0.3) is 0 Å². The van der Waals surface area contributed by atoms with Gasteiger partial charge in [-0.1, -0.05) is 67.9 Å². The Kier molecular flexibility index (Phi) is 13.8. The van der Waals surface area contributed by atoms with Crippen LogP contribution < -0.4 is 15.2 Å². The number of carboxylic acid groups (broad SMARTS) is 1. The third kappa shape index (κ3) is 10.3. The highest BCUT2D eigenvalue weighted by Gasteiger charge is 2.44. The normalized spacial score (nSPS) is 16.6. The van der Waals surface area contributed by atoms with Gasteiger partial charge >= 0.3 is 24.1 Å². The number of carboxylic acids is 1. The fourth-order valence-electron chi connectivity index (χ4n) is 3.87. The van der Waals surface area contributed by atoms with Crippen molar-refractivity contribution in [1.82, 2.24) is 0 Å². The van der Waals surface area contributed by atoms with E-state index in [2.05, 4.69) is 0 Å². The summed E-state index contributed by atoms with van der Waals surface area (Å²) in [6.45, 7) is 17.9. The van der Waals surface area contributed by atoms with E-state index in [9.17, 15) is 24.3 Å². The molecule has 10 nitrogen and oxygen atoms in total. The third-order valence-electron chi connectivity index (χ3n) is 7.86. The first-order valence-corrected chi connectivity index (χ1v) is 14.4. The van der Waals surface area contributed by atoms with Crippen molar-refractivity contribution in [3.8, 4) is 11.5 Å². The van der Waals surface area contributed by atoms with Crippen molar-refractivity contribution in [3.05, 3.63) is 23.8 Å². The van der Waals surface area contributed by atoms with Crippen LogP contribution in [-0.2, 0) is 30.3 Å². The predicted molar refractivity (Wildman–Crippen MR) is 155 cm³/mol. The second kappa shape index (κ2) is 15.7. The molecule has 1 rings (SSSR count). The smallest absolute Gasteiger partial charge is 0.480 e. The maximum Gasteiger partial charge on any atom is 0.508 e. The Labute approximate surface area is 244 Å². The SMILES string of the molecule is CCCC(C)OC(=O)O[C@@H](C)[C@@H](C)[C@](N)(Cc1ccc(OC(=O)C(C)C(C)C)c(OC(=O)C(C)C(C)C)c1)C(=O)O. The van der Waals surface area contributed by atoms with Gasteiger partial charge in [-0.05, 0) is 49.8 Å². The van der Waals surface area contributed by atoms with E-state index in [1.54, 1.807) is 40.7 Å². The summed E-state index contributed by atoms with van der Waals surface area (Å²) >= 11 is 0. The van der Waals surface area contributed by atoms with Crippen molar-refractivity contribution in [2.24, 2.45) is 35.3 Å². The van der Waals surface area contributed by atoms with Gasteiger partial charge in [-0.3, -0.25) is 14.4 Å². The minimum Gasteiger partial charge on any atom is -0.480 e. The number of hydrogen-bond acceptors (Lipinski definition) is 9. The second-order valence-corrected chi connectivity index (χ2v) is 11.8. The van der Waals surface area contributed by atoms with E-state index in [1.165, 1.54) is 12.1 Å². The van der Waals surface area contributed by atoms with Crippen molar-refractivity contribution in [2.75, 3.05) is 0 Å². The zero-order valence-corrected chi connectivity index (χ0v) is 26.2. The molecule has 0 aliphatic heterocycles. The number of benzene rings is 1. The molecule has 3 unspecified atom stereocenters. The van der Waals surface area contributed by atoms with Crippen LogP contribution in [0.3, 0.4) is 0 Å². The van der Waals surface area contributed by atoms with E-state index in [0.717, 1.165) is 6.42 Å². The van der Waals surface area contributed by atoms with Gasteiger partial charge in [0.1, 0.15) is 17.7 Å². The van der Waals surface area contributed by atoms with Crippen molar-refractivity contribution < 1.29 is 43.2 Å². The number of carbonyl (C=O) groups excluding carboxylic acids is 3. The van der Waals surface area contributed by atoms with Crippen LogP contribution in [0.1, 0.15) is 87.6 Å². The molecule has 0 amide bonds. The van der Waals surface area contributed by atoms with Gasteiger partial charge in [0.15, 0.2) is 11.5 Å². The van der Waals surface area contributed by atoms with E-state index in [0.29, 0.717) is 12.0 Å². The van der Waals surface area contributed by atoms with Crippen molar-refractivity contribution in [3.63, 3.8) is 0 Å². The lowest BCUT2D eigenvalue weighted by Gasteiger charge is -2.35. The molecule has 232 valence electrons. The molecule has 0 aromatic heterocycles. The molecule has 0 heterocycles. The second-order valence-electron chi connectivity index (χ2n) is 11.8. The van der Waals surface area contributed by atoms with E-state index < -0.39 is 53.5 Å². The summed E-state index contributed by atoms with van der Waals surface area (Å²) in [5.74, 6) is -3.94. The molecule has 10 heteroatoms. The maximum absolute atomic E-state index is 12.8. The summed E-state index contributed by atoms with van der Waals surface area (Å²) in [5, 5.41) is 10.1. The molecule has 1 aromatic carbocycles. The zero-order valence-electron chi connectivity index (χ0n) is 26.2. The van der Waals surface area contributed by atoms with Gasteiger partial charge in [-0.15, -0.1) is 0 Å². The minimum atomic E-state index is -1.87. The zero-order chi connectivity index (χ0) is 31.7. The molecule has 0 saturated heterocycles. The van der Waals surface area contributed by atoms with Crippen LogP contribution in [0.15, 0.2) is 18.2 Å². The maximum atomic E-state index is 12.8. The summed E-state index contributed by atoms with van der Waals surface area (Å²) in [7, 11) is 0. The number of rotatable bonds is 15. The predicted octanol–water partition coefficient (Wildman–Crippen LogP) is 5.77. The lowest BCUT2D eigenvalue weighted by atomic mass is 9.78. The minimum absolute atomic E-state index is 0.000311. The van der Waals surface area contributed by atoms with Crippen LogP contribution in [-0.4, -0.2) is 46.9 Å². The molecule has 6 atom stereocenters. The van der Waals surface area contributed by atoms with Gasteiger partial charge < -0.3 is 29.8 Å². The van der Waals surface area contributed by atoms with Crippen LogP contribution in [0, 0.1) is 29.6 Å². The number of ether oxygens (including phenoxy) is 4. The summed E-state index contributed by atoms with van der Waals surface area (Å²) < 4.78 is 21.8. The highest BCUT2D eigenvalue weighted by atomic mass is 16.7. The Morgan fingerprint density at radius 3 is 1.80 bits per heavy atom. The lowest BCUT2D eigenvalue weighted by Crippen LogP contribution is -2.58. The van der Waals surface area contributed by atoms with E-state index >= 15 is 0 Å². The van der Waals surface area contributed by atoms with Crippen molar-refractivity contribution in [1.29, 1.82) is 0 Å². The van der Waals surface area contributed by atoms with Crippen LogP contribution >= 0.6 is 0 Å². The lowest BCUT2D eigenvalue weighted by molar-refractivity contribution is -0.147. The Morgan fingerprint density at radius 2 is 1.34 bits per heavy atom. The van der Waals surface area contributed by atoms with Gasteiger partial charge in [-0.25, -0.2) is 4.79 Å². The highest BCUT2D eigenvalue weighted by Crippen LogP contribution is 2.34. The summed E-state index contributed by atoms with van der Waals surface area (Å²) in [5.41, 5.74) is 5.00. The molecule has 0 aliphatic rings. The Morgan fingerprint density at radius 1 is 0.829 bits per heavy atom. The molecular weight excluding hydrogens is 530 g/mol. The summed E-state index contributed by atoms with van der Waals surface area (Å²) in [4.78, 5) is 50.2. The molecule has 41 heavy (non-hydrogen) atoms.